The van der Waals surface area contributed by atoms with E-state index in [1.54, 1.807) is 6.33 Å². The van der Waals surface area contributed by atoms with Gasteiger partial charge in [0, 0.05) is 5.02 Å². The molecule has 128 valence electrons. The molecule has 0 aliphatic carbocycles. The number of aromatic nitrogens is 2. The fraction of sp³-hybridized carbons (Fsp3) is 0.211. The van der Waals surface area contributed by atoms with Crippen LogP contribution in [0.5, 0.6) is 0 Å². The van der Waals surface area contributed by atoms with Crippen LogP contribution < -0.4 is 5.43 Å². The van der Waals surface area contributed by atoms with E-state index in [1.807, 2.05) is 53.1 Å². The number of hydrogen-bond acceptors (Lipinski definition) is 3. The average molecular weight is 355 g/mol. The number of nitrogens with zero attached hydrogens (tertiary/aromatic N) is 3. The van der Waals surface area contributed by atoms with E-state index >= 15 is 0 Å². The summed E-state index contributed by atoms with van der Waals surface area (Å²) in [6.45, 7) is 2.24. The van der Waals surface area contributed by atoms with Crippen LogP contribution in [0.15, 0.2) is 60.0 Å². The molecule has 0 radical (unpaired) electrons. The molecular formula is C19H19ClN4O. The lowest BCUT2D eigenvalue weighted by Gasteiger charge is -2.07. The molecular weight excluding hydrogens is 336 g/mol. The Hall–Kier alpha value is -2.66. The zero-order valence-electron chi connectivity index (χ0n) is 13.9. The minimum absolute atomic E-state index is 0.171. The molecule has 0 atom stereocenters. The maximum Gasteiger partial charge on any atom is 0.260 e. The van der Waals surface area contributed by atoms with Crippen LogP contribution in [0.2, 0.25) is 5.02 Å². The van der Waals surface area contributed by atoms with Crippen LogP contribution in [0.3, 0.4) is 0 Å². The van der Waals surface area contributed by atoms with Crippen LogP contribution >= 0.6 is 11.6 Å². The SMILES string of the molecule is CCC/C(=N/NC(=O)Cn1cnc2ccccc21)c1ccc(Cl)cc1. The Labute approximate surface area is 151 Å². The van der Waals surface area contributed by atoms with Gasteiger partial charge in [-0.1, -0.05) is 49.2 Å². The molecule has 0 saturated heterocycles. The third-order valence-corrected chi connectivity index (χ3v) is 4.07. The molecule has 3 rings (SSSR count). The Kier molecular flexibility index (Phi) is 5.46. The quantitative estimate of drug-likeness (QED) is 0.537. The van der Waals surface area contributed by atoms with Crippen LogP contribution in [-0.2, 0) is 11.3 Å². The first-order chi connectivity index (χ1) is 12.2. The van der Waals surface area contributed by atoms with Crippen molar-refractivity contribution >= 4 is 34.3 Å². The third kappa shape index (κ3) is 4.25. The zero-order valence-corrected chi connectivity index (χ0v) is 14.7. The van der Waals surface area contributed by atoms with E-state index in [0.29, 0.717) is 5.02 Å². The lowest BCUT2D eigenvalue weighted by molar-refractivity contribution is -0.121. The van der Waals surface area contributed by atoms with Crippen molar-refractivity contribution in [2.45, 2.75) is 26.3 Å². The molecule has 0 aliphatic rings. The van der Waals surface area contributed by atoms with Gasteiger partial charge >= 0.3 is 0 Å². The van der Waals surface area contributed by atoms with E-state index < -0.39 is 0 Å². The van der Waals surface area contributed by atoms with Gasteiger partial charge in [0.1, 0.15) is 6.54 Å². The Morgan fingerprint density at radius 1 is 1.20 bits per heavy atom. The van der Waals surface area contributed by atoms with Crippen molar-refractivity contribution in [2.24, 2.45) is 5.10 Å². The number of carbonyl (C=O) groups excluding carboxylic acids is 1. The van der Waals surface area contributed by atoms with Gasteiger partial charge in [-0.3, -0.25) is 4.79 Å². The first-order valence-electron chi connectivity index (χ1n) is 8.18. The summed E-state index contributed by atoms with van der Waals surface area (Å²) in [6, 6.07) is 15.2. The second-order valence-corrected chi connectivity index (χ2v) is 6.15. The van der Waals surface area contributed by atoms with Gasteiger partial charge in [-0.25, -0.2) is 10.4 Å². The maximum absolute atomic E-state index is 12.3. The highest BCUT2D eigenvalue weighted by atomic mass is 35.5. The number of fused-ring (bicyclic) bond motifs is 1. The minimum Gasteiger partial charge on any atom is -0.321 e. The van der Waals surface area contributed by atoms with Crippen molar-refractivity contribution in [1.82, 2.24) is 15.0 Å². The summed E-state index contributed by atoms with van der Waals surface area (Å²) in [6.07, 6.45) is 3.37. The molecule has 25 heavy (non-hydrogen) atoms. The smallest absolute Gasteiger partial charge is 0.260 e. The van der Waals surface area contributed by atoms with E-state index in [-0.39, 0.29) is 12.5 Å². The number of halogens is 1. The Morgan fingerprint density at radius 3 is 2.72 bits per heavy atom. The van der Waals surface area contributed by atoms with Gasteiger partial charge in [-0.2, -0.15) is 5.10 Å². The summed E-state index contributed by atoms with van der Waals surface area (Å²) in [5.41, 5.74) is 6.24. The number of rotatable bonds is 6. The van der Waals surface area contributed by atoms with Gasteiger partial charge in [-0.15, -0.1) is 0 Å². The van der Waals surface area contributed by atoms with E-state index in [4.69, 9.17) is 11.6 Å². The number of hydrazone groups is 1. The van der Waals surface area contributed by atoms with Crippen LogP contribution in [0.4, 0.5) is 0 Å². The molecule has 0 aliphatic heterocycles. The topological polar surface area (TPSA) is 59.3 Å². The van der Waals surface area contributed by atoms with Gasteiger partial charge in [-0.05, 0) is 36.2 Å². The standard InChI is InChI=1S/C19H19ClN4O/c1-2-5-16(14-8-10-15(20)11-9-14)22-23-19(25)12-24-13-21-17-6-3-4-7-18(17)24/h3-4,6-11,13H,2,5,12H2,1H3,(H,23,25)/b22-16-. The van der Waals surface area contributed by atoms with Crippen LogP contribution in [-0.4, -0.2) is 21.2 Å². The zero-order chi connectivity index (χ0) is 17.6. The van der Waals surface area contributed by atoms with E-state index in [2.05, 4.69) is 22.4 Å². The largest absolute Gasteiger partial charge is 0.321 e. The molecule has 1 aromatic heterocycles. The van der Waals surface area contributed by atoms with Gasteiger partial charge < -0.3 is 4.57 Å². The maximum atomic E-state index is 12.3. The van der Waals surface area contributed by atoms with E-state index in [1.165, 1.54) is 0 Å². The summed E-state index contributed by atoms with van der Waals surface area (Å²) in [5.74, 6) is -0.189. The Morgan fingerprint density at radius 2 is 1.96 bits per heavy atom. The molecule has 3 aromatic rings. The second-order valence-electron chi connectivity index (χ2n) is 5.71. The fourth-order valence-corrected chi connectivity index (χ4v) is 2.73. The molecule has 0 saturated carbocycles. The number of hydrogen-bond donors (Lipinski definition) is 1. The number of para-hydroxylation sites is 2. The monoisotopic (exact) mass is 354 g/mol. The van der Waals surface area contributed by atoms with E-state index in [9.17, 15) is 4.79 Å². The summed E-state index contributed by atoms with van der Waals surface area (Å²) >= 11 is 5.93. The molecule has 0 spiro atoms. The fourth-order valence-electron chi connectivity index (χ4n) is 2.60. The number of amides is 1. The molecule has 0 fully saturated rings. The van der Waals surface area contributed by atoms with Gasteiger partial charge in [0.25, 0.3) is 5.91 Å². The summed E-state index contributed by atoms with van der Waals surface area (Å²) < 4.78 is 1.81. The summed E-state index contributed by atoms with van der Waals surface area (Å²) in [5, 5.41) is 4.99. The van der Waals surface area contributed by atoms with Gasteiger partial charge in [0.05, 0.1) is 23.1 Å². The highest BCUT2D eigenvalue weighted by Gasteiger charge is 2.08. The predicted molar refractivity (Wildman–Crippen MR) is 101 cm³/mol. The molecule has 1 N–H and O–H groups in total. The number of imidazole rings is 1. The number of carbonyl (C=O) groups is 1. The molecule has 6 heteroatoms. The van der Waals surface area contributed by atoms with Crippen molar-refractivity contribution in [2.75, 3.05) is 0 Å². The Bertz CT molecular complexity index is 899. The summed E-state index contributed by atoms with van der Waals surface area (Å²) in [4.78, 5) is 16.5. The highest BCUT2D eigenvalue weighted by molar-refractivity contribution is 6.30. The lowest BCUT2D eigenvalue weighted by atomic mass is 10.1. The highest BCUT2D eigenvalue weighted by Crippen LogP contribution is 2.13. The van der Waals surface area contributed by atoms with Crippen LogP contribution in [0.1, 0.15) is 25.3 Å². The van der Waals surface area contributed by atoms with Crippen molar-refractivity contribution in [3.05, 3.63) is 65.4 Å². The first kappa shape index (κ1) is 17.2. The average Bonchev–Trinajstić information content (AvgIpc) is 3.02. The predicted octanol–water partition coefficient (Wildman–Crippen LogP) is 4.01. The molecule has 1 amide bonds. The molecule has 2 aromatic carbocycles. The lowest BCUT2D eigenvalue weighted by Crippen LogP contribution is -2.24. The van der Waals surface area contributed by atoms with Crippen LogP contribution in [0, 0.1) is 0 Å². The first-order valence-corrected chi connectivity index (χ1v) is 8.56. The molecule has 0 bridgehead atoms. The van der Waals surface area contributed by atoms with Gasteiger partial charge in [0.15, 0.2) is 0 Å². The minimum atomic E-state index is -0.189. The van der Waals surface area contributed by atoms with Crippen molar-refractivity contribution in [3.8, 4) is 0 Å². The molecule has 5 nitrogen and oxygen atoms in total. The van der Waals surface area contributed by atoms with Crippen molar-refractivity contribution in [3.63, 3.8) is 0 Å². The molecule has 1 heterocycles. The summed E-state index contributed by atoms with van der Waals surface area (Å²) in [7, 11) is 0. The van der Waals surface area contributed by atoms with Crippen molar-refractivity contribution < 1.29 is 4.79 Å². The molecule has 0 unspecified atom stereocenters. The normalized spacial score (nSPS) is 11.7. The number of nitrogens with one attached hydrogen (secondary N) is 1. The third-order valence-electron chi connectivity index (χ3n) is 3.82. The number of benzene rings is 2. The van der Waals surface area contributed by atoms with Gasteiger partial charge in [0.2, 0.25) is 0 Å². The van der Waals surface area contributed by atoms with Crippen molar-refractivity contribution in [1.29, 1.82) is 0 Å². The van der Waals surface area contributed by atoms with E-state index in [0.717, 1.165) is 35.2 Å². The second kappa shape index (κ2) is 7.94. The Balaban J connectivity index is 1.72. The van der Waals surface area contributed by atoms with Crippen LogP contribution in [0.25, 0.3) is 11.0 Å².